The Morgan fingerprint density at radius 3 is 2.70 bits per heavy atom. The van der Waals surface area contributed by atoms with E-state index in [2.05, 4.69) is 15.5 Å². The molecule has 0 aliphatic carbocycles. The molecule has 1 atom stereocenters. The van der Waals surface area contributed by atoms with Crippen molar-refractivity contribution in [1.29, 1.82) is 0 Å². The molecule has 0 saturated heterocycles. The van der Waals surface area contributed by atoms with Crippen LogP contribution in [-0.2, 0) is 0 Å². The smallest absolute Gasteiger partial charge is 0.417 e. The van der Waals surface area contributed by atoms with E-state index in [4.69, 9.17) is 13.7 Å². The van der Waals surface area contributed by atoms with Gasteiger partial charge in [0, 0.05) is 11.9 Å². The maximum Gasteiger partial charge on any atom is 0.417 e. The summed E-state index contributed by atoms with van der Waals surface area (Å²) in [4.78, 5) is 31.6. The molecule has 0 aliphatic heterocycles. The highest BCUT2D eigenvalue weighted by Gasteiger charge is 2.29. The molecule has 0 fully saturated rings. The first kappa shape index (κ1) is 21.5. The number of carbonyl (C=O) groups is 2. The molecule has 9 heteroatoms. The van der Waals surface area contributed by atoms with E-state index in [0.29, 0.717) is 25.2 Å². The van der Waals surface area contributed by atoms with Gasteiger partial charge in [0.15, 0.2) is 5.76 Å². The van der Waals surface area contributed by atoms with Gasteiger partial charge in [-0.1, -0.05) is 32.0 Å². The molecule has 0 aliphatic rings. The fourth-order valence-corrected chi connectivity index (χ4v) is 2.87. The van der Waals surface area contributed by atoms with Crippen molar-refractivity contribution in [2.75, 3.05) is 27.2 Å². The molecule has 0 bridgehead atoms. The van der Waals surface area contributed by atoms with Crippen molar-refractivity contribution in [2.45, 2.75) is 26.3 Å². The molecule has 30 heavy (non-hydrogen) atoms. The van der Waals surface area contributed by atoms with Crippen molar-refractivity contribution in [3.63, 3.8) is 0 Å². The number of hydrogen-bond acceptors (Lipinski definition) is 8. The van der Waals surface area contributed by atoms with E-state index in [1.165, 1.54) is 0 Å². The van der Waals surface area contributed by atoms with Crippen molar-refractivity contribution >= 4 is 22.7 Å². The van der Waals surface area contributed by atoms with E-state index in [-0.39, 0.29) is 23.6 Å². The predicted molar refractivity (Wildman–Crippen MR) is 110 cm³/mol. The summed E-state index contributed by atoms with van der Waals surface area (Å²) in [5.41, 5.74) is 0.604. The minimum Gasteiger partial charge on any atom is -0.451 e. The van der Waals surface area contributed by atoms with Gasteiger partial charge < -0.3 is 19.4 Å². The minimum atomic E-state index is -0.821. The van der Waals surface area contributed by atoms with Crippen LogP contribution < -0.4 is 10.1 Å². The number of ketones is 1. The second kappa shape index (κ2) is 9.53. The summed E-state index contributed by atoms with van der Waals surface area (Å²) in [6, 6.07) is 8.14. The van der Waals surface area contributed by atoms with Crippen LogP contribution in [0.1, 0.15) is 41.4 Å². The molecule has 0 saturated carbocycles. The van der Waals surface area contributed by atoms with E-state index >= 15 is 0 Å². The third-order valence-corrected chi connectivity index (χ3v) is 4.37. The second-order valence-electron chi connectivity index (χ2n) is 7.70. The number of nitrogens with zero attached hydrogens (tertiary/aromatic N) is 3. The Balaban J connectivity index is 1.71. The average Bonchev–Trinajstić information content (AvgIpc) is 3.33. The van der Waals surface area contributed by atoms with Gasteiger partial charge in [-0.05, 0) is 43.7 Å². The highest BCUT2D eigenvalue weighted by molar-refractivity contribution is 6.02. The minimum absolute atomic E-state index is 0.0768. The number of carbonyl (C=O) groups excluding carboxylic acids is 2. The van der Waals surface area contributed by atoms with Gasteiger partial charge in [0.05, 0.1) is 6.04 Å². The van der Waals surface area contributed by atoms with Crippen molar-refractivity contribution in [3.05, 3.63) is 41.9 Å². The van der Waals surface area contributed by atoms with E-state index in [9.17, 15) is 9.59 Å². The van der Waals surface area contributed by atoms with Gasteiger partial charge in [0.25, 0.3) is 5.91 Å². The Morgan fingerprint density at radius 1 is 1.23 bits per heavy atom. The molecule has 1 aromatic carbocycles. The summed E-state index contributed by atoms with van der Waals surface area (Å²) in [6.45, 7) is 4.93. The van der Waals surface area contributed by atoms with Crippen molar-refractivity contribution < 1.29 is 23.3 Å². The normalized spacial score (nSPS) is 12.5. The summed E-state index contributed by atoms with van der Waals surface area (Å²) in [7, 11) is 3.82. The topological polar surface area (TPSA) is 111 Å². The number of likely N-dealkylation sites (N-methyl/N-ethyl adjacent to an activating group) is 1. The number of ether oxygens (including phenoxy) is 1. The van der Waals surface area contributed by atoms with Gasteiger partial charge in [-0.3, -0.25) is 14.1 Å². The molecular formula is C21H26N4O5. The van der Waals surface area contributed by atoms with Crippen LogP contribution in [0.4, 0.5) is 0 Å². The maximum absolute atomic E-state index is 12.9. The highest BCUT2D eigenvalue weighted by atomic mass is 16.6. The molecule has 2 heterocycles. The number of Topliss-reactive ketones (excluding diaryl/α,β-unsaturated/α-hetero) is 1. The van der Waals surface area contributed by atoms with Gasteiger partial charge in [0.1, 0.15) is 12.2 Å². The van der Waals surface area contributed by atoms with E-state index in [1.54, 1.807) is 12.1 Å². The molecule has 2 aromatic heterocycles. The largest absolute Gasteiger partial charge is 0.451 e. The lowest BCUT2D eigenvalue weighted by molar-refractivity contribution is 0.0824. The number of benzene rings is 1. The molecular weight excluding hydrogens is 388 g/mol. The van der Waals surface area contributed by atoms with Crippen molar-refractivity contribution in [2.24, 2.45) is 5.92 Å². The zero-order chi connectivity index (χ0) is 21.7. The number of para-hydroxylation sites is 1. The molecule has 1 N–H and O–H groups in total. The van der Waals surface area contributed by atoms with Crippen LogP contribution >= 0.6 is 0 Å². The van der Waals surface area contributed by atoms with Crippen molar-refractivity contribution in [1.82, 2.24) is 20.4 Å². The zero-order valence-corrected chi connectivity index (χ0v) is 17.5. The first-order chi connectivity index (χ1) is 14.3. The lowest BCUT2D eigenvalue weighted by Crippen LogP contribution is -2.42. The second-order valence-corrected chi connectivity index (χ2v) is 7.70. The summed E-state index contributed by atoms with van der Waals surface area (Å²) in [5.74, 6) is -0.767. The van der Waals surface area contributed by atoms with E-state index in [0.717, 1.165) is 5.39 Å². The monoisotopic (exact) mass is 414 g/mol. The van der Waals surface area contributed by atoms with Gasteiger partial charge >= 0.3 is 6.08 Å². The third-order valence-electron chi connectivity index (χ3n) is 4.37. The fraction of sp³-hybridized carbons (Fsp3) is 0.429. The Bertz CT molecular complexity index is 975. The van der Waals surface area contributed by atoms with Crippen LogP contribution in [0.15, 0.2) is 39.3 Å². The number of aromatic nitrogens is 2. The first-order valence-electron chi connectivity index (χ1n) is 9.78. The van der Waals surface area contributed by atoms with Gasteiger partial charge in [-0.15, -0.1) is 4.98 Å². The summed E-state index contributed by atoms with van der Waals surface area (Å²) in [6.07, 6.45) is 0.336. The molecule has 1 unspecified atom stereocenters. The predicted octanol–water partition coefficient (Wildman–Crippen LogP) is 2.78. The number of nitrogens with one attached hydrogen (secondary N) is 1. The summed E-state index contributed by atoms with van der Waals surface area (Å²) >= 11 is 0. The molecule has 1 amide bonds. The average molecular weight is 414 g/mol. The molecule has 160 valence electrons. The number of fused-ring (bicyclic) bond motifs is 1. The first-order valence-corrected chi connectivity index (χ1v) is 9.78. The third kappa shape index (κ3) is 5.44. The van der Waals surface area contributed by atoms with Crippen LogP contribution in [0, 0.1) is 5.92 Å². The Morgan fingerprint density at radius 2 is 2.00 bits per heavy atom. The maximum atomic E-state index is 12.9. The van der Waals surface area contributed by atoms with Crippen LogP contribution in [0.2, 0.25) is 0 Å². The standard InChI is InChI=1S/C21H26N4O5/c1-13(2)11-15(18(26)19-23-21(30-24-19)28-10-9-25(3)4)22-20(27)17-12-14-7-5-6-8-16(14)29-17/h5-8,12-13,15H,9-11H2,1-4H3,(H,22,27). The molecule has 3 aromatic rings. The number of furan rings is 1. The van der Waals surface area contributed by atoms with Gasteiger partial charge in [0.2, 0.25) is 11.6 Å². The zero-order valence-electron chi connectivity index (χ0n) is 17.5. The Hall–Kier alpha value is -3.20. The lowest BCUT2D eigenvalue weighted by Gasteiger charge is -2.17. The van der Waals surface area contributed by atoms with Gasteiger partial charge in [-0.2, -0.15) is 0 Å². The molecule has 9 nitrogen and oxygen atoms in total. The Kier molecular flexibility index (Phi) is 6.83. The quantitative estimate of drug-likeness (QED) is 0.504. The molecule has 0 spiro atoms. The van der Waals surface area contributed by atoms with Gasteiger partial charge in [-0.25, -0.2) is 0 Å². The van der Waals surface area contributed by atoms with Crippen LogP contribution in [0.3, 0.4) is 0 Å². The fourth-order valence-electron chi connectivity index (χ4n) is 2.87. The Labute approximate surface area is 174 Å². The SMILES string of the molecule is CC(C)CC(NC(=O)c1cc2ccccc2o1)C(=O)c1noc(OCCN(C)C)n1. The molecule has 3 rings (SSSR count). The van der Waals surface area contributed by atoms with E-state index < -0.39 is 17.7 Å². The number of hydrogen-bond donors (Lipinski definition) is 1. The van der Waals surface area contributed by atoms with Crippen LogP contribution in [0.5, 0.6) is 6.08 Å². The number of amides is 1. The van der Waals surface area contributed by atoms with E-state index in [1.807, 2.05) is 51.0 Å². The highest BCUT2D eigenvalue weighted by Crippen LogP contribution is 2.19. The van der Waals surface area contributed by atoms with Crippen LogP contribution in [-0.4, -0.2) is 60.0 Å². The summed E-state index contributed by atoms with van der Waals surface area (Å²) in [5, 5.41) is 7.26. The molecule has 0 radical (unpaired) electrons. The lowest BCUT2D eigenvalue weighted by atomic mass is 9.99. The number of rotatable bonds is 10. The van der Waals surface area contributed by atoms with Crippen molar-refractivity contribution in [3.8, 4) is 6.08 Å². The van der Waals surface area contributed by atoms with Crippen LogP contribution in [0.25, 0.3) is 11.0 Å². The summed E-state index contributed by atoms with van der Waals surface area (Å²) < 4.78 is 15.9.